The lowest BCUT2D eigenvalue weighted by Crippen LogP contribution is -2.31. The Morgan fingerprint density at radius 1 is 1.12 bits per heavy atom. The van der Waals surface area contributed by atoms with Gasteiger partial charge in [-0.3, -0.25) is 4.79 Å². The van der Waals surface area contributed by atoms with E-state index in [9.17, 15) is 4.79 Å². The van der Waals surface area contributed by atoms with Crippen LogP contribution in [-0.4, -0.2) is 5.91 Å². The molecule has 0 radical (unpaired) electrons. The van der Waals surface area contributed by atoms with Gasteiger partial charge in [-0.1, -0.05) is 42.5 Å². The van der Waals surface area contributed by atoms with Crippen LogP contribution < -0.4 is 5.73 Å². The molecule has 2 aliphatic rings. The Balaban J connectivity index is 2.00. The van der Waals surface area contributed by atoms with Crippen LogP contribution in [0.25, 0.3) is 0 Å². The number of allylic oxidation sites excluding steroid dienone is 2. The molecule has 1 fully saturated rings. The van der Waals surface area contributed by atoms with Crippen molar-refractivity contribution in [2.24, 2.45) is 23.5 Å². The molecule has 3 rings (SSSR count). The summed E-state index contributed by atoms with van der Waals surface area (Å²) < 4.78 is 0. The predicted molar refractivity (Wildman–Crippen MR) is 62.6 cm³/mol. The SMILES string of the molecule is NC(=O)C1C2C=CC(C2)C1c1ccccc1. The van der Waals surface area contributed by atoms with E-state index in [4.69, 9.17) is 5.73 Å². The Labute approximate surface area is 95.2 Å². The number of nitrogens with two attached hydrogens (primary N) is 1. The normalized spacial score (nSPS) is 35.5. The number of primary amides is 1. The third-order valence-corrected chi connectivity index (χ3v) is 3.97. The van der Waals surface area contributed by atoms with Crippen LogP contribution >= 0.6 is 0 Å². The van der Waals surface area contributed by atoms with Crippen LogP contribution in [-0.2, 0) is 4.79 Å². The molecule has 0 spiro atoms. The number of rotatable bonds is 2. The third-order valence-electron chi connectivity index (χ3n) is 3.97. The van der Waals surface area contributed by atoms with E-state index in [-0.39, 0.29) is 11.8 Å². The molecule has 2 aliphatic carbocycles. The molecule has 0 aliphatic heterocycles. The zero-order chi connectivity index (χ0) is 11.1. The summed E-state index contributed by atoms with van der Waals surface area (Å²) in [6.45, 7) is 0. The molecule has 2 nitrogen and oxygen atoms in total. The van der Waals surface area contributed by atoms with Gasteiger partial charge in [-0.25, -0.2) is 0 Å². The quantitative estimate of drug-likeness (QED) is 0.751. The summed E-state index contributed by atoms with van der Waals surface area (Å²) in [6, 6.07) is 10.3. The van der Waals surface area contributed by atoms with Crippen molar-refractivity contribution >= 4 is 5.91 Å². The van der Waals surface area contributed by atoms with Gasteiger partial charge in [-0.05, 0) is 23.8 Å². The summed E-state index contributed by atoms with van der Waals surface area (Å²) in [5.41, 5.74) is 6.79. The fourth-order valence-electron chi connectivity index (χ4n) is 3.34. The first-order valence-electron chi connectivity index (χ1n) is 5.80. The summed E-state index contributed by atoms with van der Waals surface area (Å²) in [4.78, 5) is 11.6. The maximum Gasteiger partial charge on any atom is 0.221 e. The van der Waals surface area contributed by atoms with Crippen LogP contribution in [0.3, 0.4) is 0 Å². The van der Waals surface area contributed by atoms with Crippen molar-refractivity contribution in [3.63, 3.8) is 0 Å². The Kier molecular flexibility index (Phi) is 2.10. The lowest BCUT2D eigenvalue weighted by molar-refractivity contribution is -0.123. The maximum absolute atomic E-state index is 11.6. The summed E-state index contributed by atoms with van der Waals surface area (Å²) >= 11 is 0. The summed E-state index contributed by atoms with van der Waals surface area (Å²) in [5.74, 6) is 1.02. The summed E-state index contributed by atoms with van der Waals surface area (Å²) in [5, 5.41) is 0. The van der Waals surface area contributed by atoms with E-state index in [1.54, 1.807) is 0 Å². The van der Waals surface area contributed by atoms with E-state index in [1.807, 2.05) is 18.2 Å². The highest BCUT2D eigenvalue weighted by molar-refractivity contribution is 5.79. The molecule has 1 aromatic rings. The Morgan fingerprint density at radius 2 is 1.81 bits per heavy atom. The van der Waals surface area contributed by atoms with E-state index in [1.165, 1.54) is 5.56 Å². The van der Waals surface area contributed by atoms with Crippen LogP contribution in [0.15, 0.2) is 42.5 Å². The molecule has 4 atom stereocenters. The van der Waals surface area contributed by atoms with Gasteiger partial charge in [-0.15, -0.1) is 0 Å². The topological polar surface area (TPSA) is 43.1 Å². The fourth-order valence-corrected chi connectivity index (χ4v) is 3.34. The van der Waals surface area contributed by atoms with Gasteiger partial charge in [0.25, 0.3) is 0 Å². The molecular formula is C14H15NO. The average Bonchev–Trinajstić information content (AvgIpc) is 2.89. The second kappa shape index (κ2) is 3.48. The molecule has 2 heteroatoms. The molecular weight excluding hydrogens is 198 g/mol. The first kappa shape index (κ1) is 9.64. The lowest BCUT2D eigenvalue weighted by Gasteiger charge is -2.25. The highest BCUT2D eigenvalue weighted by Gasteiger charge is 2.47. The van der Waals surface area contributed by atoms with E-state index in [0.29, 0.717) is 17.8 Å². The number of carbonyl (C=O) groups is 1. The second-order valence-corrected chi connectivity index (χ2v) is 4.81. The molecule has 0 saturated heterocycles. The molecule has 2 bridgehead atoms. The Morgan fingerprint density at radius 3 is 2.50 bits per heavy atom. The Bertz CT molecular complexity index is 437. The van der Waals surface area contributed by atoms with Gasteiger partial charge < -0.3 is 5.73 Å². The number of fused-ring (bicyclic) bond motifs is 2. The van der Waals surface area contributed by atoms with Crippen LogP contribution in [0.1, 0.15) is 17.9 Å². The van der Waals surface area contributed by atoms with Crippen LogP contribution in [0.4, 0.5) is 0 Å². The molecule has 0 aromatic heterocycles. The first-order chi connectivity index (χ1) is 7.77. The van der Waals surface area contributed by atoms with Crippen molar-refractivity contribution in [1.82, 2.24) is 0 Å². The van der Waals surface area contributed by atoms with Gasteiger partial charge in [-0.2, -0.15) is 0 Å². The van der Waals surface area contributed by atoms with Crippen LogP contribution in [0.5, 0.6) is 0 Å². The Hall–Kier alpha value is -1.57. The van der Waals surface area contributed by atoms with Crippen molar-refractivity contribution in [2.45, 2.75) is 12.3 Å². The largest absolute Gasteiger partial charge is 0.369 e. The molecule has 82 valence electrons. The van der Waals surface area contributed by atoms with E-state index in [0.717, 1.165) is 6.42 Å². The summed E-state index contributed by atoms with van der Waals surface area (Å²) in [6.07, 6.45) is 5.51. The smallest absolute Gasteiger partial charge is 0.221 e. The van der Waals surface area contributed by atoms with Crippen molar-refractivity contribution < 1.29 is 4.79 Å². The van der Waals surface area contributed by atoms with E-state index < -0.39 is 0 Å². The zero-order valence-corrected chi connectivity index (χ0v) is 9.04. The van der Waals surface area contributed by atoms with Gasteiger partial charge in [0, 0.05) is 5.92 Å². The first-order valence-corrected chi connectivity index (χ1v) is 5.80. The number of hydrogen-bond donors (Lipinski definition) is 1. The van der Waals surface area contributed by atoms with E-state index >= 15 is 0 Å². The zero-order valence-electron chi connectivity index (χ0n) is 9.04. The predicted octanol–water partition coefficient (Wildman–Crippen LogP) is 2.08. The lowest BCUT2D eigenvalue weighted by atomic mass is 9.78. The number of carbonyl (C=O) groups excluding carboxylic acids is 1. The minimum absolute atomic E-state index is 0.00241. The molecule has 0 heterocycles. The second-order valence-electron chi connectivity index (χ2n) is 4.81. The highest BCUT2D eigenvalue weighted by Crippen LogP contribution is 2.52. The monoisotopic (exact) mass is 213 g/mol. The molecule has 1 amide bonds. The van der Waals surface area contributed by atoms with Crippen molar-refractivity contribution in [2.75, 3.05) is 0 Å². The number of amides is 1. The van der Waals surface area contributed by atoms with Gasteiger partial charge in [0.15, 0.2) is 0 Å². The van der Waals surface area contributed by atoms with Crippen molar-refractivity contribution in [3.05, 3.63) is 48.0 Å². The molecule has 1 saturated carbocycles. The maximum atomic E-state index is 11.6. The van der Waals surface area contributed by atoms with Crippen LogP contribution in [0.2, 0.25) is 0 Å². The van der Waals surface area contributed by atoms with Crippen LogP contribution in [0, 0.1) is 17.8 Å². The summed E-state index contributed by atoms with van der Waals surface area (Å²) in [7, 11) is 0. The average molecular weight is 213 g/mol. The minimum Gasteiger partial charge on any atom is -0.369 e. The molecule has 16 heavy (non-hydrogen) atoms. The van der Waals surface area contributed by atoms with Crippen molar-refractivity contribution in [3.8, 4) is 0 Å². The molecule has 2 N–H and O–H groups in total. The van der Waals surface area contributed by atoms with Gasteiger partial charge in [0.1, 0.15) is 0 Å². The minimum atomic E-state index is -0.147. The van der Waals surface area contributed by atoms with Gasteiger partial charge >= 0.3 is 0 Å². The number of benzene rings is 1. The van der Waals surface area contributed by atoms with E-state index in [2.05, 4.69) is 24.3 Å². The van der Waals surface area contributed by atoms with Crippen molar-refractivity contribution in [1.29, 1.82) is 0 Å². The fraction of sp³-hybridized carbons (Fsp3) is 0.357. The van der Waals surface area contributed by atoms with Gasteiger partial charge in [0.05, 0.1) is 5.92 Å². The molecule has 1 aromatic carbocycles. The molecule has 4 unspecified atom stereocenters. The standard InChI is InChI=1S/C14H15NO/c15-14(16)13-11-7-6-10(8-11)12(13)9-4-2-1-3-5-9/h1-7,10-13H,8H2,(H2,15,16). The highest BCUT2D eigenvalue weighted by atomic mass is 16.1. The van der Waals surface area contributed by atoms with Gasteiger partial charge in [0.2, 0.25) is 5.91 Å². The number of hydrogen-bond acceptors (Lipinski definition) is 1. The third kappa shape index (κ3) is 1.29.